The summed E-state index contributed by atoms with van der Waals surface area (Å²) in [5.74, 6) is 0. The molecule has 0 aromatic rings. The van der Waals surface area contributed by atoms with Crippen molar-refractivity contribution in [3.05, 3.63) is 5.21 Å². The molecule has 0 aliphatic heterocycles. The van der Waals surface area contributed by atoms with Crippen LogP contribution < -0.4 is 0 Å². The maximum absolute atomic E-state index is 10.4. The Morgan fingerprint density at radius 2 is 1.78 bits per heavy atom. The Morgan fingerprint density at radius 3 is 1.78 bits per heavy atom. The molecule has 0 heterocycles. The van der Waals surface area contributed by atoms with Gasteiger partial charge in [-0.1, -0.05) is 13.8 Å². The molecule has 0 saturated carbocycles. The lowest BCUT2D eigenvalue weighted by Crippen LogP contribution is -2.39. The van der Waals surface area contributed by atoms with E-state index >= 15 is 0 Å². The van der Waals surface area contributed by atoms with Gasteiger partial charge in [0.1, 0.15) is 0 Å². The first-order valence-corrected chi connectivity index (χ1v) is 3.23. The average Bonchev–Trinajstić information content (AvgIpc) is 1.86. The summed E-state index contributed by atoms with van der Waals surface area (Å²) >= 11 is 0. The molecule has 3 nitrogen and oxygen atoms in total. The van der Waals surface area contributed by atoms with Gasteiger partial charge < -0.3 is 10.4 Å². The fourth-order valence-corrected chi connectivity index (χ4v) is 0.521. The number of rotatable bonds is 3. The van der Waals surface area contributed by atoms with Crippen molar-refractivity contribution in [1.82, 2.24) is 5.23 Å². The minimum absolute atomic E-state index is 0.0486. The van der Waals surface area contributed by atoms with Crippen molar-refractivity contribution in [1.29, 1.82) is 0 Å². The smallest absolute Gasteiger partial charge is 0.0294 e. The SMILES string of the molecule is CCC(C)(CC)N([O-])O. The summed E-state index contributed by atoms with van der Waals surface area (Å²) in [7, 11) is 0. The lowest BCUT2D eigenvalue weighted by atomic mass is 9.97. The monoisotopic (exact) mass is 132 g/mol. The average molecular weight is 132 g/mol. The zero-order valence-corrected chi connectivity index (χ0v) is 6.22. The van der Waals surface area contributed by atoms with Gasteiger partial charge in [0.15, 0.2) is 0 Å². The number of hydroxylamine groups is 2. The second kappa shape index (κ2) is 3.15. The van der Waals surface area contributed by atoms with Crippen LogP contribution in [-0.4, -0.2) is 16.0 Å². The van der Waals surface area contributed by atoms with Crippen molar-refractivity contribution in [3.63, 3.8) is 0 Å². The van der Waals surface area contributed by atoms with Crippen LogP contribution in [0.15, 0.2) is 0 Å². The molecule has 0 saturated heterocycles. The van der Waals surface area contributed by atoms with E-state index in [0.29, 0.717) is 12.8 Å². The molecule has 0 rings (SSSR count). The summed E-state index contributed by atoms with van der Waals surface area (Å²) in [5, 5.41) is 19.0. The van der Waals surface area contributed by atoms with Crippen molar-refractivity contribution >= 4 is 0 Å². The van der Waals surface area contributed by atoms with Crippen LogP contribution in [0.2, 0.25) is 0 Å². The summed E-state index contributed by atoms with van der Waals surface area (Å²) < 4.78 is 0. The molecule has 0 spiro atoms. The normalized spacial score (nSPS) is 12.7. The standard InChI is InChI=1S/C6H14NO2/c1-4-6(3,5-2)7(8)9/h8H,4-5H2,1-3H3/q-1. The molecule has 0 aromatic carbocycles. The predicted molar refractivity (Wildman–Crippen MR) is 36.0 cm³/mol. The Kier molecular flexibility index (Phi) is 3.11. The number of nitrogens with zero attached hydrogens (tertiary/aromatic N) is 1. The minimum Gasteiger partial charge on any atom is -0.762 e. The van der Waals surface area contributed by atoms with Crippen molar-refractivity contribution in [2.45, 2.75) is 39.2 Å². The highest BCUT2D eigenvalue weighted by molar-refractivity contribution is 4.78. The zero-order chi connectivity index (χ0) is 7.49. The Hall–Kier alpha value is -0.120. The van der Waals surface area contributed by atoms with Gasteiger partial charge in [0.25, 0.3) is 0 Å². The third-order valence-corrected chi connectivity index (χ3v) is 1.99. The fraction of sp³-hybridized carbons (Fsp3) is 1.00. The molecule has 0 atom stereocenters. The van der Waals surface area contributed by atoms with Gasteiger partial charge in [0.2, 0.25) is 0 Å². The molecule has 0 fully saturated rings. The van der Waals surface area contributed by atoms with Crippen molar-refractivity contribution in [2.75, 3.05) is 0 Å². The molecule has 0 amide bonds. The van der Waals surface area contributed by atoms with Crippen LogP contribution in [-0.2, 0) is 0 Å². The maximum Gasteiger partial charge on any atom is 0.0294 e. The highest BCUT2D eigenvalue weighted by Gasteiger charge is 2.19. The van der Waals surface area contributed by atoms with E-state index < -0.39 is 5.54 Å². The molecule has 0 aliphatic rings. The Morgan fingerprint density at radius 1 is 1.44 bits per heavy atom. The molecule has 0 radical (unpaired) electrons. The summed E-state index contributed by atoms with van der Waals surface area (Å²) in [6, 6.07) is 0. The first-order chi connectivity index (χ1) is 4.06. The van der Waals surface area contributed by atoms with E-state index in [9.17, 15) is 5.21 Å². The summed E-state index contributed by atoms with van der Waals surface area (Å²) in [6.07, 6.45) is 1.34. The van der Waals surface area contributed by atoms with E-state index in [0.717, 1.165) is 0 Å². The summed E-state index contributed by atoms with van der Waals surface area (Å²) in [6.45, 7) is 5.50. The van der Waals surface area contributed by atoms with Crippen molar-refractivity contribution in [2.24, 2.45) is 0 Å². The topological polar surface area (TPSA) is 46.5 Å². The van der Waals surface area contributed by atoms with E-state index in [1.165, 1.54) is 0 Å². The Labute approximate surface area is 55.8 Å². The second-order valence-corrected chi connectivity index (χ2v) is 2.48. The van der Waals surface area contributed by atoms with Crippen LogP contribution >= 0.6 is 0 Å². The highest BCUT2D eigenvalue weighted by atomic mass is 16.8. The third-order valence-electron chi connectivity index (χ3n) is 1.99. The van der Waals surface area contributed by atoms with Crippen LogP contribution in [0.1, 0.15) is 33.6 Å². The van der Waals surface area contributed by atoms with E-state index in [4.69, 9.17) is 5.21 Å². The fourth-order valence-electron chi connectivity index (χ4n) is 0.521. The quantitative estimate of drug-likeness (QED) is 0.595. The van der Waals surface area contributed by atoms with Gasteiger partial charge in [-0.05, 0) is 19.8 Å². The molecule has 56 valence electrons. The molecular formula is C6H14NO2-. The van der Waals surface area contributed by atoms with Crippen LogP contribution in [0.4, 0.5) is 0 Å². The van der Waals surface area contributed by atoms with Crippen LogP contribution in [0.5, 0.6) is 0 Å². The van der Waals surface area contributed by atoms with Gasteiger partial charge in [0, 0.05) is 5.54 Å². The Bertz CT molecular complexity index is 79.1. The van der Waals surface area contributed by atoms with Gasteiger partial charge in [-0.3, -0.25) is 5.23 Å². The van der Waals surface area contributed by atoms with Gasteiger partial charge in [-0.25, -0.2) is 0 Å². The van der Waals surface area contributed by atoms with Gasteiger partial charge in [0.05, 0.1) is 0 Å². The highest BCUT2D eigenvalue weighted by Crippen LogP contribution is 2.19. The Balaban J connectivity index is 3.92. The van der Waals surface area contributed by atoms with Crippen LogP contribution in [0.3, 0.4) is 0 Å². The third kappa shape index (κ3) is 1.93. The predicted octanol–water partition coefficient (Wildman–Crippen LogP) is 1.75. The maximum atomic E-state index is 10.4. The molecule has 0 aliphatic carbocycles. The summed E-state index contributed by atoms with van der Waals surface area (Å²) in [4.78, 5) is 0. The van der Waals surface area contributed by atoms with Gasteiger partial charge >= 0.3 is 0 Å². The van der Waals surface area contributed by atoms with E-state index in [2.05, 4.69) is 0 Å². The van der Waals surface area contributed by atoms with Crippen molar-refractivity contribution in [3.8, 4) is 0 Å². The van der Waals surface area contributed by atoms with E-state index in [1.54, 1.807) is 6.92 Å². The zero-order valence-electron chi connectivity index (χ0n) is 6.22. The number of hydrogen-bond donors (Lipinski definition) is 1. The molecule has 0 bridgehead atoms. The first-order valence-electron chi connectivity index (χ1n) is 3.23. The number of hydrogen-bond acceptors (Lipinski definition) is 3. The molecule has 1 N–H and O–H groups in total. The lowest BCUT2D eigenvalue weighted by Gasteiger charge is -2.39. The van der Waals surface area contributed by atoms with E-state index in [1.807, 2.05) is 13.8 Å². The van der Waals surface area contributed by atoms with Gasteiger partial charge in [-0.2, -0.15) is 0 Å². The first kappa shape index (κ1) is 8.88. The largest absolute Gasteiger partial charge is 0.762 e. The molecule has 0 unspecified atom stereocenters. The van der Waals surface area contributed by atoms with E-state index in [-0.39, 0.29) is 5.23 Å². The molecule has 9 heavy (non-hydrogen) atoms. The van der Waals surface area contributed by atoms with Crippen molar-refractivity contribution < 1.29 is 5.21 Å². The second-order valence-electron chi connectivity index (χ2n) is 2.48. The lowest BCUT2D eigenvalue weighted by molar-refractivity contribution is -0.127. The molecule has 0 aromatic heterocycles. The van der Waals surface area contributed by atoms with Gasteiger partial charge in [-0.15, -0.1) is 0 Å². The van der Waals surface area contributed by atoms with Crippen LogP contribution in [0.25, 0.3) is 0 Å². The summed E-state index contributed by atoms with van der Waals surface area (Å²) in [5.41, 5.74) is -0.583. The minimum atomic E-state index is -0.583. The molecule has 3 heteroatoms. The van der Waals surface area contributed by atoms with Crippen LogP contribution in [0, 0.1) is 5.21 Å². The molecular weight excluding hydrogens is 118 g/mol.